The average molecular weight is 327 g/mol. The van der Waals surface area contributed by atoms with Crippen LogP contribution in [0.1, 0.15) is 0 Å². The fraction of sp³-hybridized carbons (Fsp3) is 0. The Morgan fingerprint density at radius 3 is 1.17 bits per heavy atom. The molecule has 4 rings (SSSR count). The van der Waals surface area contributed by atoms with Gasteiger partial charge in [0, 0.05) is 0 Å². The number of nitrogens with zero attached hydrogens (tertiary/aromatic N) is 3. The number of rotatable bonds is 4. The van der Waals surface area contributed by atoms with Crippen LogP contribution >= 0.6 is 0 Å². The predicted octanol–water partition coefficient (Wildman–Crippen LogP) is 1.79. The molecule has 0 N–H and O–H groups in total. The molecule has 0 aliphatic rings. The van der Waals surface area contributed by atoms with E-state index in [9.17, 15) is 0 Å². The first-order valence-corrected chi connectivity index (χ1v) is 9.90. The summed E-state index contributed by atoms with van der Waals surface area (Å²) in [6.45, 7) is 0. The van der Waals surface area contributed by atoms with E-state index in [1.54, 1.807) is 12.4 Å². The van der Waals surface area contributed by atoms with Gasteiger partial charge in [0.05, 0.1) is 12.4 Å². The van der Waals surface area contributed by atoms with Crippen LogP contribution in [0.4, 0.5) is 0 Å². The normalized spacial score (nSPS) is 11.3. The van der Waals surface area contributed by atoms with Gasteiger partial charge in [-0.3, -0.25) is 0 Å². The van der Waals surface area contributed by atoms with Gasteiger partial charge in [0.25, 0.3) is 0 Å². The number of hydrogen-bond donors (Lipinski definition) is 0. The maximum atomic E-state index is 4.59. The second-order valence-corrected chi connectivity index (χ2v) is 9.18. The van der Waals surface area contributed by atoms with E-state index in [-0.39, 0.29) is 0 Å². The summed E-state index contributed by atoms with van der Waals surface area (Å²) in [4.78, 5) is 0. The van der Waals surface area contributed by atoms with Crippen LogP contribution in [-0.2, 0) is 0 Å². The Labute approximate surface area is 142 Å². The van der Waals surface area contributed by atoms with Crippen molar-refractivity contribution in [3.63, 3.8) is 0 Å². The van der Waals surface area contributed by atoms with Gasteiger partial charge in [0.15, 0.2) is 0 Å². The van der Waals surface area contributed by atoms with Gasteiger partial charge in [-0.2, -0.15) is 10.2 Å². The van der Waals surface area contributed by atoms with Crippen molar-refractivity contribution in [1.29, 1.82) is 0 Å². The quantitative estimate of drug-likeness (QED) is 0.423. The van der Waals surface area contributed by atoms with Crippen molar-refractivity contribution in [1.82, 2.24) is 14.7 Å². The van der Waals surface area contributed by atoms with Gasteiger partial charge in [0.1, 0.15) is 0 Å². The van der Waals surface area contributed by atoms with Crippen molar-refractivity contribution in [2.75, 3.05) is 0 Å². The minimum Gasteiger partial charge on any atom is -0.205 e. The molecule has 0 aliphatic heterocycles. The van der Waals surface area contributed by atoms with E-state index >= 15 is 0 Å². The van der Waals surface area contributed by atoms with Crippen LogP contribution in [0.5, 0.6) is 0 Å². The Morgan fingerprint density at radius 2 is 0.833 bits per heavy atom. The highest BCUT2D eigenvalue weighted by atomic mass is 28.3. The van der Waals surface area contributed by atoms with Crippen LogP contribution in [0, 0.1) is 0 Å². The SMILES string of the molecule is c1ccc([Si](c2ccccc2)(c2ccccc2)n2nccn2)cc1. The summed E-state index contributed by atoms with van der Waals surface area (Å²) in [5.74, 6) is 0. The summed E-state index contributed by atoms with van der Waals surface area (Å²) in [6, 6.07) is 31.8. The molecular formula is C20H17N3Si. The second kappa shape index (κ2) is 6.26. The third kappa shape index (κ3) is 2.28. The summed E-state index contributed by atoms with van der Waals surface area (Å²) in [5, 5.41) is 13.0. The van der Waals surface area contributed by atoms with Crippen LogP contribution < -0.4 is 15.6 Å². The van der Waals surface area contributed by atoms with Crippen molar-refractivity contribution < 1.29 is 0 Å². The highest BCUT2D eigenvalue weighted by Gasteiger charge is 2.44. The maximum Gasteiger partial charge on any atom is 0.303 e. The van der Waals surface area contributed by atoms with E-state index < -0.39 is 8.24 Å². The molecule has 4 heteroatoms. The second-order valence-electron chi connectivity index (χ2n) is 5.63. The largest absolute Gasteiger partial charge is 0.303 e. The Bertz CT molecular complexity index is 795. The van der Waals surface area contributed by atoms with Gasteiger partial charge in [-0.05, 0) is 15.6 Å². The van der Waals surface area contributed by atoms with Gasteiger partial charge >= 0.3 is 8.24 Å². The molecule has 0 saturated heterocycles. The van der Waals surface area contributed by atoms with Crippen molar-refractivity contribution in [2.24, 2.45) is 0 Å². The number of benzene rings is 3. The third-order valence-electron chi connectivity index (χ3n) is 4.29. The van der Waals surface area contributed by atoms with Crippen molar-refractivity contribution >= 4 is 23.8 Å². The lowest BCUT2D eigenvalue weighted by molar-refractivity contribution is 0.816. The van der Waals surface area contributed by atoms with Crippen LogP contribution in [-0.4, -0.2) is 22.9 Å². The van der Waals surface area contributed by atoms with E-state index in [1.807, 2.05) is 4.46 Å². The van der Waals surface area contributed by atoms with Gasteiger partial charge in [0.2, 0.25) is 0 Å². The number of aromatic nitrogens is 3. The lowest BCUT2D eigenvalue weighted by Gasteiger charge is -2.31. The summed E-state index contributed by atoms with van der Waals surface area (Å²) in [7, 11) is -2.55. The molecule has 0 saturated carbocycles. The fourth-order valence-electron chi connectivity index (χ4n) is 3.27. The Hall–Kier alpha value is -2.98. The minimum absolute atomic E-state index is 1.26. The molecule has 0 bridgehead atoms. The Morgan fingerprint density at radius 1 is 0.500 bits per heavy atom. The molecule has 0 aliphatic carbocycles. The minimum atomic E-state index is -2.55. The zero-order valence-corrected chi connectivity index (χ0v) is 14.2. The molecule has 0 unspecified atom stereocenters. The number of hydrogen-bond acceptors (Lipinski definition) is 2. The van der Waals surface area contributed by atoms with Crippen molar-refractivity contribution in [3.8, 4) is 0 Å². The van der Waals surface area contributed by atoms with E-state index in [0.29, 0.717) is 0 Å². The van der Waals surface area contributed by atoms with E-state index in [1.165, 1.54) is 15.6 Å². The summed E-state index contributed by atoms with van der Waals surface area (Å²) in [6.07, 6.45) is 3.52. The molecule has 116 valence electrons. The molecule has 0 atom stereocenters. The highest BCUT2D eigenvalue weighted by Crippen LogP contribution is 2.08. The summed E-state index contributed by atoms with van der Waals surface area (Å²) >= 11 is 0. The third-order valence-corrected chi connectivity index (χ3v) is 8.63. The Kier molecular flexibility index (Phi) is 3.81. The first-order valence-electron chi connectivity index (χ1n) is 7.96. The van der Waals surface area contributed by atoms with Gasteiger partial charge < -0.3 is 0 Å². The van der Waals surface area contributed by atoms with E-state index in [2.05, 4.69) is 101 Å². The summed E-state index contributed by atoms with van der Waals surface area (Å²) < 4.78 is 1.94. The fourth-order valence-corrected chi connectivity index (χ4v) is 7.47. The lowest BCUT2D eigenvalue weighted by atomic mass is 10.3. The van der Waals surface area contributed by atoms with Gasteiger partial charge in [-0.15, -0.1) is 0 Å². The molecule has 0 radical (unpaired) electrons. The average Bonchev–Trinajstić information content (AvgIpc) is 3.20. The molecule has 1 heterocycles. The zero-order chi connectivity index (χ0) is 16.2. The van der Waals surface area contributed by atoms with Crippen LogP contribution in [0.2, 0.25) is 0 Å². The van der Waals surface area contributed by atoms with E-state index in [0.717, 1.165) is 0 Å². The van der Waals surface area contributed by atoms with Gasteiger partial charge in [-0.25, -0.2) is 4.46 Å². The van der Waals surface area contributed by atoms with Crippen LogP contribution in [0.3, 0.4) is 0 Å². The maximum absolute atomic E-state index is 4.59. The van der Waals surface area contributed by atoms with Crippen LogP contribution in [0.15, 0.2) is 103 Å². The van der Waals surface area contributed by atoms with E-state index in [4.69, 9.17) is 0 Å². The molecule has 0 amide bonds. The molecule has 0 fully saturated rings. The molecular weight excluding hydrogens is 310 g/mol. The first kappa shape index (κ1) is 14.6. The molecule has 3 aromatic carbocycles. The lowest BCUT2D eigenvalue weighted by Crippen LogP contribution is -2.73. The predicted molar refractivity (Wildman–Crippen MR) is 99.4 cm³/mol. The molecule has 24 heavy (non-hydrogen) atoms. The van der Waals surface area contributed by atoms with Crippen molar-refractivity contribution in [3.05, 3.63) is 103 Å². The standard InChI is InChI=1S/C20H17N3Si/c1-4-10-18(11-5-1)24(23-21-16-17-22-23,19-12-6-2-7-13-19)20-14-8-3-9-15-20/h1-17H. The molecule has 0 spiro atoms. The Balaban J connectivity index is 2.12. The molecule has 3 nitrogen and oxygen atoms in total. The molecule has 4 aromatic rings. The molecule has 1 aromatic heterocycles. The van der Waals surface area contributed by atoms with Gasteiger partial charge in [-0.1, -0.05) is 91.0 Å². The monoisotopic (exact) mass is 327 g/mol. The highest BCUT2D eigenvalue weighted by molar-refractivity contribution is 7.10. The first-order chi connectivity index (χ1) is 11.9. The topological polar surface area (TPSA) is 30.7 Å². The smallest absolute Gasteiger partial charge is 0.205 e. The summed E-state index contributed by atoms with van der Waals surface area (Å²) in [5.41, 5.74) is 0. The zero-order valence-electron chi connectivity index (χ0n) is 13.2. The van der Waals surface area contributed by atoms with Crippen LogP contribution in [0.25, 0.3) is 0 Å². The van der Waals surface area contributed by atoms with Crippen molar-refractivity contribution in [2.45, 2.75) is 0 Å².